The second-order valence-electron chi connectivity index (χ2n) is 5.74. The summed E-state index contributed by atoms with van der Waals surface area (Å²) < 4.78 is 0. The molecule has 3 aromatic rings. The number of nitrogens with one attached hydrogen (secondary N) is 2. The second-order valence-corrected chi connectivity index (χ2v) is 5.74. The van der Waals surface area contributed by atoms with Gasteiger partial charge >= 0.3 is 0 Å². The smallest absolute Gasteiger partial charge is 0.248 e. The number of nitrogens with two attached hydrogens (primary N) is 1. The first-order valence-corrected chi connectivity index (χ1v) is 8.27. The van der Waals surface area contributed by atoms with E-state index in [-0.39, 0.29) is 5.91 Å². The molecule has 0 aliphatic rings. The molecule has 1 amide bonds. The fraction of sp³-hybridized carbons (Fsp3) is 0.0476. The lowest BCUT2D eigenvalue weighted by Gasteiger charge is -2.07. The van der Waals surface area contributed by atoms with Crippen molar-refractivity contribution in [1.29, 1.82) is 0 Å². The maximum atomic E-state index is 12.0. The minimum absolute atomic E-state index is 0.220. The molecule has 0 unspecified atom stereocenters. The van der Waals surface area contributed by atoms with Gasteiger partial charge in [-0.25, -0.2) is 0 Å². The summed E-state index contributed by atoms with van der Waals surface area (Å²) >= 11 is 0. The molecule has 4 N–H and O–H groups in total. The van der Waals surface area contributed by atoms with Gasteiger partial charge in [-0.15, -0.1) is 0 Å². The minimum atomic E-state index is -0.220. The maximum Gasteiger partial charge on any atom is 0.248 e. The minimum Gasteiger partial charge on any atom is -0.397 e. The van der Waals surface area contributed by atoms with Gasteiger partial charge in [0.25, 0.3) is 0 Å². The summed E-state index contributed by atoms with van der Waals surface area (Å²) in [5.41, 5.74) is 10.1. The molecule has 0 aliphatic heterocycles. The molecule has 0 fully saturated rings. The van der Waals surface area contributed by atoms with Gasteiger partial charge in [0.2, 0.25) is 5.91 Å². The molecule has 130 valence electrons. The zero-order valence-electron chi connectivity index (χ0n) is 14.2. The first-order chi connectivity index (χ1) is 12.7. The highest BCUT2D eigenvalue weighted by Gasteiger charge is 2.01. The number of rotatable bonds is 6. The first-order valence-electron chi connectivity index (χ1n) is 8.27. The van der Waals surface area contributed by atoms with Crippen molar-refractivity contribution < 1.29 is 4.79 Å². The van der Waals surface area contributed by atoms with Crippen molar-refractivity contribution in [3.8, 4) is 0 Å². The Morgan fingerprint density at radius 1 is 1.00 bits per heavy atom. The lowest BCUT2D eigenvalue weighted by molar-refractivity contribution is -0.111. The van der Waals surface area contributed by atoms with E-state index in [0.29, 0.717) is 11.4 Å². The molecule has 1 heterocycles. The fourth-order valence-electron chi connectivity index (χ4n) is 2.37. The van der Waals surface area contributed by atoms with Crippen LogP contribution < -0.4 is 16.4 Å². The number of nitrogens with zero attached hydrogens (tertiary/aromatic N) is 1. The Bertz CT molecular complexity index is 889. The topological polar surface area (TPSA) is 80.0 Å². The molecule has 3 rings (SSSR count). The largest absolute Gasteiger partial charge is 0.397 e. The summed E-state index contributed by atoms with van der Waals surface area (Å²) in [6, 6.07) is 19.0. The van der Waals surface area contributed by atoms with Crippen molar-refractivity contribution >= 4 is 29.0 Å². The second kappa shape index (κ2) is 8.48. The van der Waals surface area contributed by atoms with E-state index in [4.69, 9.17) is 5.73 Å². The van der Waals surface area contributed by atoms with Crippen LogP contribution in [0.2, 0.25) is 0 Å². The average Bonchev–Trinajstić information content (AvgIpc) is 2.68. The monoisotopic (exact) mass is 344 g/mol. The van der Waals surface area contributed by atoms with E-state index in [1.807, 2.05) is 48.5 Å². The number of nitrogen functional groups attached to an aromatic ring is 1. The van der Waals surface area contributed by atoms with E-state index in [0.717, 1.165) is 17.8 Å². The molecular formula is C21H20N4O. The first kappa shape index (κ1) is 17.2. The molecule has 0 atom stereocenters. The van der Waals surface area contributed by atoms with Gasteiger partial charge in [-0.05, 0) is 53.6 Å². The Kier molecular flexibility index (Phi) is 5.62. The number of carbonyl (C=O) groups is 1. The molecule has 5 nitrogen and oxygen atoms in total. The van der Waals surface area contributed by atoms with E-state index < -0.39 is 0 Å². The van der Waals surface area contributed by atoms with E-state index in [2.05, 4.69) is 15.6 Å². The lowest BCUT2D eigenvalue weighted by atomic mass is 10.2. The summed E-state index contributed by atoms with van der Waals surface area (Å²) in [7, 11) is 0. The van der Waals surface area contributed by atoms with Gasteiger partial charge in [0.1, 0.15) is 0 Å². The zero-order chi connectivity index (χ0) is 18.2. The molecule has 1 aromatic heterocycles. The third-order valence-corrected chi connectivity index (χ3v) is 3.80. The number of para-hydroxylation sites is 2. The van der Waals surface area contributed by atoms with Gasteiger partial charge < -0.3 is 16.4 Å². The quantitative estimate of drug-likeness (QED) is 0.467. The van der Waals surface area contributed by atoms with Crippen molar-refractivity contribution in [3.63, 3.8) is 0 Å². The zero-order valence-corrected chi connectivity index (χ0v) is 14.2. The summed E-state index contributed by atoms with van der Waals surface area (Å²) in [5.74, 6) is -0.220. The summed E-state index contributed by atoms with van der Waals surface area (Å²) in [6.45, 7) is 0.735. The number of anilines is 3. The van der Waals surface area contributed by atoms with Crippen LogP contribution in [0.5, 0.6) is 0 Å². The van der Waals surface area contributed by atoms with Gasteiger partial charge in [0.15, 0.2) is 0 Å². The average molecular weight is 344 g/mol. The normalized spacial score (nSPS) is 10.6. The number of benzene rings is 2. The summed E-state index contributed by atoms with van der Waals surface area (Å²) in [4.78, 5) is 16.0. The van der Waals surface area contributed by atoms with Crippen molar-refractivity contribution in [2.24, 2.45) is 0 Å². The van der Waals surface area contributed by atoms with E-state index in [9.17, 15) is 4.79 Å². The Hall–Kier alpha value is -3.60. The molecule has 0 radical (unpaired) electrons. The van der Waals surface area contributed by atoms with E-state index >= 15 is 0 Å². The molecular weight excluding hydrogens is 324 g/mol. The van der Waals surface area contributed by atoms with Gasteiger partial charge in [-0.1, -0.05) is 24.3 Å². The molecule has 0 spiro atoms. The Balaban J connectivity index is 1.54. The molecule has 0 saturated heterocycles. The number of carbonyl (C=O) groups excluding carboxylic acids is 1. The molecule has 26 heavy (non-hydrogen) atoms. The number of pyridine rings is 1. The Labute approximate surface area is 152 Å². The number of hydrogen-bond acceptors (Lipinski definition) is 4. The van der Waals surface area contributed by atoms with Gasteiger partial charge in [0.05, 0.1) is 11.4 Å². The molecule has 0 saturated carbocycles. The molecule has 2 aromatic carbocycles. The van der Waals surface area contributed by atoms with Crippen molar-refractivity contribution in [3.05, 3.63) is 90.3 Å². The van der Waals surface area contributed by atoms with Crippen LogP contribution in [0.4, 0.5) is 17.1 Å². The van der Waals surface area contributed by atoms with Crippen LogP contribution in [-0.2, 0) is 11.3 Å². The maximum absolute atomic E-state index is 12.0. The van der Waals surface area contributed by atoms with Crippen molar-refractivity contribution in [2.75, 3.05) is 16.4 Å². The van der Waals surface area contributed by atoms with Crippen LogP contribution in [-0.4, -0.2) is 10.9 Å². The molecule has 0 aliphatic carbocycles. The SMILES string of the molecule is Nc1ccccc1NC(=O)/C=C/c1ccc(NCc2ccncc2)cc1. The number of aromatic nitrogens is 1. The van der Waals surface area contributed by atoms with E-state index in [1.165, 1.54) is 11.6 Å². The van der Waals surface area contributed by atoms with Crippen LogP contribution in [0.15, 0.2) is 79.1 Å². The number of hydrogen-bond donors (Lipinski definition) is 3. The Morgan fingerprint density at radius 3 is 2.46 bits per heavy atom. The van der Waals surface area contributed by atoms with Crippen LogP contribution in [0.3, 0.4) is 0 Å². The fourth-order valence-corrected chi connectivity index (χ4v) is 2.37. The van der Waals surface area contributed by atoms with Crippen LogP contribution in [0.25, 0.3) is 6.08 Å². The number of amides is 1. The van der Waals surface area contributed by atoms with Gasteiger partial charge in [0, 0.05) is 30.7 Å². The van der Waals surface area contributed by atoms with Crippen LogP contribution in [0, 0.1) is 0 Å². The highest BCUT2D eigenvalue weighted by molar-refractivity contribution is 6.03. The Morgan fingerprint density at radius 2 is 1.73 bits per heavy atom. The van der Waals surface area contributed by atoms with Gasteiger partial charge in [-0.2, -0.15) is 0 Å². The molecule has 5 heteroatoms. The lowest BCUT2D eigenvalue weighted by Crippen LogP contribution is -2.09. The summed E-state index contributed by atoms with van der Waals surface area (Å²) in [6.07, 6.45) is 6.81. The van der Waals surface area contributed by atoms with Crippen molar-refractivity contribution in [2.45, 2.75) is 6.54 Å². The van der Waals surface area contributed by atoms with Gasteiger partial charge in [-0.3, -0.25) is 9.78 Å². The third-order valence-electron chi connectivity index (χ3n) is 3.80. The van der Waals surface area contributed by atoms with Crippen molar-refractivity contribution in [1.82, 2.24) is 4.98 Å². The van der Waals surface area contributed by atoms with Crippen LogP contribution >= 0.6 is 0 Å². The highest BCUT2D eigenvalue weighted by atomic mass is 16.1. The van der Waals surface area contributed by atoms with E-state index in [1.54, 1.807) is 30.6 Å². The summed E-state index contributed by atoms with van der Waals surface area (Å²) in [5, 5.41) is 6.11. The standard InChI is InChI=1S/C21H20N4O/c22-19-3-1-2-4-20(19)25-21(26)10-7-16-5-8-18(9-6-16)24-15-17-11-13-23-14-12-17/h1-14,24H,15,22H2,(H,25,26)/b10-7+. The highest BCUT2D eigenvalue weighted by Crippen LogP contribution is 2.17. The predicted octanol–water partition coefficient (Wildman–Crippen LogP) is 3.93. The third kappa shape index (κ3) is 4.95. The van der Waals surface area contributed by atoms with Crippen LogP contribution in [0.1, 0.15) is 11.1 Å². The predicted molar refractivity (Wildman–Crippen MR) is 107 cm³/mol. The molecule has 0 bridgehead atoms.